The van der Waals surface area contributed by atoms with Crippen LogP contribution in [0.3, 0.4) is 0 Å². The van der Waals surface area contributed by atoms with Gasteiger partial charge in [0.25, 0.3) is 0 Å². The number of H-pyrrole nitrogens is 1. The molecule has 0 atom stereocenters. The van der Waals surface area contributed by atoms with E-state index >= 15 is 0 Å². The van der Waals surface area contributed by atoms with E-state index in [0.717, 1.165) is 40.5 Å². The van der Waals surface area contributed by atoms with Gasteiger partial charge in [-0.05, 0) is 43.5 Å². The third-order valence-corrected chi connectivity index (χ3v) is 4.20. The summed E-state index contributed by atoms with van der Waals surface area (Å²) in [4.78, 5) is 23.3. The van der Waals surface area contributed by atoms with Crippen LogP contribution < -0.4 is 10.1 Å². The minimum Gasteiger partial charge on any atom is -0.497 e. The monoisotopic (exact) mass is 376 g/mol. The molecule has 138 valence electrons. The van der Waals surface area contributed by atoms with Crippen LogP contribution in [0, 0.1) is 0 Å². The second kappa shape index (κ2) is 8.23. The van der Waals surface area contributed by atoms with Crippen molar-refractivity contribution in [2.45, 2.75) is 26.2 Å². The minimum atomic E-state index is -0.162. The van der Waals surface area contributed by atoms with E-state index in [0.29, 0.717) is 25.4 Å². The second-order valence-electron chi connectivity index (χ2n) is 5.79. The van der Waals surface area contributed by atoms with Crippen molar-refractivity contribution in [3.8, 4) is 5.75 Å². The molecule has 3 aromatic rings. The number of hydrogen-bond donors (Lipinski definition) is 2. The Kier molecular flexibility index (Phi) is 5.78. The number of ether oxygens (including phenoxy) is 2. The van der Waals surface area contributed by atoms with Gasteiger partial charge in [0.2, 0.25) is 5.28 Å². The third-order valence-electron chi connectivity index (χ3n) is 4.03. The number of halogens is 1. The first-order valence-electron chi connectivity index (χ1n) is 8.54. The van der Waals surface area contributed by atoms with Crippen LogP contribution in [0.5, 0.6) is 5.75 Å². The van der Waals surface area contributed by atoms with E-state index in [1.54, 1.807) is 14.0 Å². The highest BCUT2D eigenvalue weighted by Gasteiger charge is 2.13. The molecule has 26 heavy (non-hydrogen) atoms. The fraction of sp³-hybridized carbons (Fsp3) is 0.389. The molecule has 8 heteroatoms. The van der Waals surface area contributed by atoms with Crippen molar-refractivity contribution in [3.63, 3.8) is 0 Å². The molecule has 0 bridgehead atoms. The van der Waals surface area contributed by atoms with Gasteiger partial charge in [0.15, 0.2) is 5.82 Å². The van der Waals surface area contributed by atoms with Gasteiger partial charge in [-0.1, -0.05) is 0 Å². The summed E-state index contributed by atoms with van der Waals surface area (Å²) in [6.07, 6.45) is 1.98. The molecule has 7 nitrogen and oxygen atoms in total. The molecule has 0 spiro atoms. The van der Waals surface area contributed by atoms with E-state index in [9.17, 15) is 4.79 Å². The average Bonchev–Trinajstić information content (AvgIpc) is 2.99. The standard InChI is InChI=1S/C18H21ClN4O3/c1-3-26-14(24)6-4-5-9-20-17-16-15(22-18(19)23-17)12-8-7-11(25-2)10-13(12)21-16/h7-8,10,21H,3-6,9H2,1-2H3,(H,20,22,23). The number of anilines is 1. The smallest absolute Gasteiger partial charge is 0.305 e. The lowest BCUT2D eigenvalue weighted by Gasteiger charge is -2.07. The average molecular weight is 377 g/mol. The molecule has 0 aliphatic heterocycles. The summed E-state index contributed by atoms with van der Waals surface area (Å²) in [6, 6.07) is 5.74. The van der Waals surface area contributed by atoms with Crippen LogP contribution in [0.1, 0.15) is 26.2 Å². The summed E-state index contributed by atoms with van der Waals surface area (Å²) in [5.74, 6) is 1.24. The first kappa shape index (κ1) is 18.3. The Morgan fingerprint density at radius 2 is 2.15 bits per heavy atom. The lowest BCUT2D eigenvalue weighted by atomic mass is 10.2. The summed E-state index contributed by atoms with van der Waals surface area (Å²) in [6.45, 7) is 2.89. The Balaban J connectivity index is 1.74. The van der Waals surface area contributed by atoms with E-state index in [4.69, 9.17) is 21.1 Å². The van der Waals surface area contributed by atoms with E-state index in [1.807, 2.05) is 18.2 Å². The number of benzene rings is 1. The predicted molar refractivity (Wildman–Crippen MR) is 102 cm³/mol. The zero-order valence-corrected chi connectivity index (χ0v) is 15.5. The van der Waals surface area contributed by atoms with Crippen LogP contribution in [-0.2, 0) is 9.53 Å². The molecule has 0 aliphatic carbocycles. The number of aromatic amines is 1. The van der Waals surface area contributed by atoms with Gasteiger partial charge in [0.05, 0.1) is 19.2 Å². The van der Waals surface area contributed by atoms with Gasteiger partial charge in [-0.2, -0.15) is 4.98 Å². The molecule has 2 N–H and O–H groups in total. The first-order valence-corrected chi connectivity index (χ1v) is 8.92. The lowest BCUT2D eigenvalue weighted by Crippen LogP contribution is -2.07. The fourth-order valence-electron chi connectivity index (χ4n) is 2.80. The van der Waals surface area contributed by atoms with Crippen molar-refractivity contribution in [2.24, 2.45) is 0 Å². The molecule has 0 unspecified atom stereocenters. The lowest BCUT2D eigenvalue weighted by molar-refractivity contribution is -0.143. The van der Waals surface area contributed by atoms with Crippen molar-refractivity contribution < 1.29 is 14.3 Å². The second-order valence-corrected chi connectivity index (χ2v) is 6.13. The number of fused-ring (bicyclic) bond motifs is 3. The quantitative estimate of drug-likeness (QED) is 0.352. The summed E-state index contributed by atoms with van der Waals surface area (Å²) in [5, 5.41) is 4.41. The van der Waals surface area contributed by atoms with Gasteiger partial charge in [0.1, 0.15) is 16.8 Å². The third kappa shape index (κ3) is 3.99. The molecule has 0 aliphatic rings. The number of nitrogens with one attached hydrogen (secondary N) is 2. The fourth-order valence-corrected chi connectivity index (χ4v) is 2.97. The molecule has 0 saturated carbocycles. The van der Waals surface area contributed by atoms with Crippen LogP contribution in [0.2, 0.25) is 5.28 Å². The highest BCUT2D eigenvalue weighted by Crippen LogP contribution is 2.31. The van der Waals surface area contributed by atoms with Gasteiger partial charge >= 0.3 is 5.97 Å². The Hall–Kier alpha value is -2.54. The summed E-state index contributed by atoms with van der Waals surface area (Å²) in [7, 11) is 1.63. The molecule has 0 radical (unpaired) electrons. The Morgan fingerprint density at radius 3 is 2.92 bits per heavy atom. The maximum Gasteiger partial charge on any atom is 0.305 e. The molecule has 2 heterocycles. The Labute approximate surface area is 156 Å². The number of carbonyl (C=O) groups is 1. The SMILES string of the molecule is CCOC(=O)CCCCNc1nc(Cl)nc2c1[nH]c1cc(OC)ccc12. The van der Waals surface area contributed by atoms with Gasteiger partial charge in [-0.3, -0.25) is 4.79 Å². The number of nitrogens with zero attached hydrogens (tertiary/aromatic N) is 2. The zero-order valence-electron chi connectivity index (χ0n) is 14.8. The molecule has 0 fully saturated rings. The van der Waals surface area contributed by atoms with Gasteiger partial charge in [0, 0.05) is 24.4 Å². The Bertz CT molecular complexity index is 926. The van der Waals surface area contributed by atoms with Crippen LogP contribution in [-0.4, -0.2) is 41.2 Å². The van der Waals surface area contributed by atoms with Crippen LogP contribution in [0.15, 0.2) is 18.2 Å². The van der Waals surface area contributed by atoms with Crippen molar-refractivity contribution in [1.82, 2.24) is 15.0 Å². The first-order chi connectivity index (χ1) is 12.6. The molecule has 0 amide bonds. The molecule has 2 aromatic heterocycles. The summed E-state index contributed by atoms with van der Waals surface area (Å²) < 4.78 is 10.2. The van der Waals surface area contributed by atoms with Crippen LogP contribution >= 0.6 is 11.6 Å². The highest BCUT2D eigenvalue weighted by atomic mass is 35.5. The number of aromatic nitrogens is 3. The maximum atomic E-state index is 11.4. The van der Waals surface area contributed by atoms with Gasteiger partial charge in [-0.25, -0.2) is 4.98 Å². The molecular weight excluding hydrogens is 356 g/mol. The topological polar surface area (TPSA) is 89.1 Å². The van der Waals surface area contributed by atoms with Gasteiger partial charge < -0.3 is 19.8 Å². The Morgan fingerprint density at radius 1 is 1.31 bits per heavy atom. The van der Waals surface area contributed by atoms with E-state index < -0.39 is 0 Å². The van der Waals surface area contributed by atoms with Gasteiger partial charge in [-0.15, -0.1) is 0 Å². The molecule has 0 saturated heterocycles. The van der Waals surface area contributed by atoms with E-state index in [-0.39, 0.29) is 11.3 Å². The molecular formula is C18H21ClN4O3. The van der Waals surface area contributed by atoms with Crippen molar-refractivity contribution in [1.29, 1.82) is 0 Å². The molecule has 1 aromatic carbocycles. The number of methoxy groups -OCH3 is 1. The number of rotatable bonds is 8. The summed E-state index contributed by atoms with van der Waals surface area (Å²) in [5.41, 5.74) is 2.46. The van der Waals surface area contributed by atoms with Crippen LogP contribution in [0.4, 0.5) is 5.82 Å². The molecule has 3 rings (SSSR count). The normalized spacial score (nSPS) is 11.0. The van der Waals surface area contributed by atoms with E-state index in [2.05, 4.69) is 20.3 Å². The minimum absolute atomic E-state index is 0.162. The van der Waals surface area contributed by atoms with Crippen LogP contribution in [0.25, 0.3) is 21.9 Å². The predicted octanol–water partition coefficient (Wildman–Crippen LogP) is 3.92. The number of carbonyl (C=O) groups excluding carboxylic acids is 1. The summed E-state index contributed by atoms with van der Waals surface area (Å²) >= 11 is 6.09. The number of esters is 1. The van der Waals surface area contributed by atoms with Crippen molar-refractivity contribution in [2.75, 3.05) is 25.6 Å². The zero-order chi connectivity index (χ0) is 18.5. The largest absolute Gasteiger partial charge is 0.497 e. The van der Waals surface area contributed by atoms with Crippen molar-refractivity contribution in [3.05, 3.63) is 23.5 Å². The number of unbranched alkanes of at least 4 members (excludes halogenated alkanes) is 1. The number of hydrogen-bond acceptors (Lipinski definition) is 6. The van der Waals surface area contributed by atoms with E-state index in [1.165, 1.54) is 0 Å². The maximum absolute atomic E-state index is 11.4. The van der Waals surface area contributed by atoms with Crippen molar-refractivity contribution >= 4 is 45.3 Å². The highest BCUT2D eigenvalue weighted by molar-refractivity contribution is 6.29.